The summed E-state index contributed by atoms with van der Waals surface area (Å²) in [6.07, 6.45) is 5.03. The van der Waals surface area contributed by atoms with Crippen molar-refractivity contribution in [1.29, 1.82) is 0 Å². The summed E-state index contributed by atoms with van der Waals surface area (Å²) in [5.74, 6) is 0.137. The molecule has 1 aromatic heterocycles. The third-order valence-corrected chi connectivity index (χ3v) is 5.34. The zero-order chi connectivity index (χ0) is 17.0. The van der Waals surface area contributed by atoms with Crippen LogP contribution in [0, 0.1) is 0 Å². The van der Waals surface area contributed by atoms with Gasteiger partial charge in [0.25, 0.3) is 5.56 Å². The average molecular weight is 337 g/mol. The van der Waals surface area contributed by atoms with E-state index in [0.29, 0.717) is 5.16 Å². The van der Waals surface area contributed by atoms with E-state index in [-0.39, 0.29) is 28.8 Å². The van der Waals surface area contributed by atoms with Crippen molar-refractivity contribution in [2.75, 3.05) is 0 Å². The molecule has 0 spiro atoms. The quantitative estimate of drug-likeness (QED) is 0.662. The first-order valence-electron chi connectivity index (χ1n) is 8.51. The minimum Gasteiger partial charge on any atom is -0.336 e. The van der Waals surface area contributed by atoms with Crippen LogP contribution in [0.1, 0.15) is 59.1 Å². The highest BCUT2D eigenvalue weighted by molar-refractivity contribution is 8.00. The molecule has 1 fully saturated rings. The van der Waals surface area contributed by atoms with Gasteiger partial charge in [-0.15, -0.1) is 0 Å². The predicted molar refractivity (Wildman–Crippen MR) is 93.8 cm³/mol. The van der Waals surface area contributed by atoms with Gasteiger partial charge >= 0.3 is 0 Å². The lowest BCUT2D eigenvalue weighted by atomic mass is 9.97. The number of likely N-dealkylation sites (tertiary alicyclic amines) is 1. The molecule has 0 aliphatic carbocycles. The van der Waals surface area contributed by atoms with Crippen molar-refractivity contribution in [1.82, 2.24) is 14.9 Å². The maximum atomic E-state index is 12.8. The van der Waals surface area contributed by atoms with E-state index in [1.54, 1.807) is 0 Å². The molecular weight excluding hydrogens is 310 g/mol. The van der Waals surface area contributed by atoms with Crippen molar-refractivity contribution in [3.63, 3.8) is 0 Å². The van der Waals surface area contributed by atoms with Crippen LogP contribution in [0.4, 0.5) is 0 Å². The average Bonchev–Trinajstić information content (AvgIpc) is 2.46. The fourth-order valence-electron chi connectivity index (χ4n) is 3.21. The highest BCUT2D eigenvalue weighted by atomic mass is 32.2. The van der Waals surface area contributed by atoms with E-state index in [1.807, 2.05) is 11.8 Å². The number of carbonyl (C=O) groups excluding carboxylic acids is 1. The largest absolute Gasteiger partial charge is 0.336 e. The van der Waals surface area contributed by atoms with Crippen LogP contribution < -0.4 is 5.56 Å². The first kappa shape index (κ1) is 18.0. The Morgan fingerprint density at radius 3 is 2.70 bits per heavy atom. The highest BCUT2D eigenvalue weighted by Crippen LogP contribution is 2.27. The number of amides is 1. The van der Waals surface area contributed by atoms with Gasteiger partial charge in [-0.05, 0) is 46.5 Å². The Labute approximate surface area is 142 Å². The molecule has 0 radical (unpaired) electrons. The van der Waals surface area contributed by atoms with Gasteiger partial charge in [-0.3, -0.25) is 9.59 Å². The zero-order valence-corrected chi connectivity index (χ0v) is 15.3. The Balaban J connectivity index is 2.10. The van der Waals surface area contributed by atoms with E-state index in [1.165, 1.54) is 24.2 Å². The second kappa shape index (κ2) is 7.99. The fraction of sp³-hybridized carbons (Fsp3) is 0.706. The molecule has 0 aromatic carbocycles. The molecule has 1 N–H and O–H groups in total. The van der Waals surface area contributed by atoms with Gasteiger partial charge in [-0.2, -0.15) is 0 Å². The second-order valence-electron chi connectivity index (χ2n) is 6.43. The molecule has 23 heavy (non-hydrogen) atoms. The van der Waals surface area contributed by atoms with Crippen molar-refractivity contribution in [2.24, 2.45) is 0 Å². The second-order valence-corrected chi connectivity index (χ2v) is 7.76. The van der Waals surface area contributed by atoms with Crippen LogP contribution >= 0.6 is 11.8 Å². The molecule has 0 unspecified atom stereocenters. The first-order chi connectivity index (χ1) is 10.9. The molecule has 1 saturated heterocycles. The van der Waals surface area contributed by atoms with Gasteiger partial charge < -0.3 is 9.88 Å². The van der Waals surface area contributed by atoms with Crippen molar-refractivity contribution in [2.45, 2.75) is 82.3 Å². The molecule has 1 aliphatic rings. The van der Waals surface area contributed by atoms with E-state index < -0.39 is 0 Å². The number of aryl methyl sites for hydroxylation is 1. The normalized spacial score (nSPS) is 22.9. The molecule has 128 valence electrons. The van der Waals surface area contributed by atoms with Crippen LogP contribution in [0.15, 0.2) is 16.0 Å². The Hall–Kier alpha value is -1.30. The van der Waals surface area contributed by atoms with Gasteiger partial charge in [0, 0.05) is 23.8 Å². The predicted octanol–water partition coefficient (Wildman–Crippen LogP) is 2.99. The van der Waals surface area contributed by atoms with Crippen LogP contribution in [0.2, 0.25) is 0 Å². The third-order valence-electron chi connectivity index (χ3n) is 4.36. The summed E-state index contributed by atoms with van der Waals surface area (Å²) in [5.41, 5.74) is 0.642. The number of carbonyl (C=O) groups is 1. The van der Waals surface area contributed by atoms with E-state index in [2.05, 4.69) is 30.7 Å². The topological polar surface area (TPSA) is 66.1 Å². The van der Waals surface area contributed by atoms with Crippen molar-refractivity contribution >= 4 is 17.7 Å². The monoisotopic (exact) mass is 337 g/mol. The molecule has 3 atom stereocenters. The number of piperidine rings is 1. The summed E-state index contributed by atoms with van der Waals surface area (Å²) in [6.45, 7) is 8.19. The van der Waals surface area contributed by atoms with Crippen molar-refractivity contribution in [3.8, 4) is 0 Å². The lowest BCUT2D eigenvalue weighted by Crippen LogP contribution is -2.50. The summed E-state index contributed by atoms with van der Waals surface area (Å²) >= 11 is 1.35. The van der Waals surface area contributed by atoms with Crippen LogP contribution in [-0.4, -0.2) is 38.1 Å². The number of nitrogens with zero attached hydrogens (tertiary/aromatic N) is 2. The van der Waals surface area contributed by atoms with Gasteiger partial charge in [0.1, 0.15) is 0 Å². The first-order valence-corrected chi connectivity index (χ1v) is 9.39. The summed E-state index contributed by atoms with van der Waals surface area (Å²) in [4.78, 5) is 33.8. The number of hydrogen-bond donors (Lipinski definition) is 1. The highest BCUT2D eigenvalue weighted by Gasteiger charge is 2.32. The standard InChI is InChI=1S/C17H27N3O2S/c1-5-7-14-10-15(21)19-17(18-14)23-13(4)16(22)20-11(2)8-6-9-12(20)3/h10-13H,5-9H2,1-4H3,(H,18,19,21)/t11-,12+,13-/m0/s1. The lowest BCUT2D eigenvalue weighted by molar-refractivity contribution is -0.136. The van der Waals surface area contributed by atoms with E-state index >= 15 is 0 Å². The van der Waals surface area contributed by atoms with Crippen LogP contribution in [-0.2, 0) is 11.2 Å². The summed E-state index contributed by atoms with van der Waals surface area (Å²) in [6, 6.07) is 2.11. The number of thioether (sulfide) groups is 1. The Kier molecular flexibility index (Phi) is 6.27. The number of aromatic amines is 1. The van der Waals surface area contributed by atoms with Gasteiger partial charge in [-0.1, -0.05) is 25.1 Å². The summed E-state index contributed by atoms with van der Waals surface area (Å²) in [5, 5.41) is 0.289. The molecule has 2 rings (SSSR count). The molecule has 1 aliphatic heterocycles. The van der Waals surface area contributed by atoms with E-state index in [4.69, 9.17) is 0 Å². The molecule has 1 aromatic rings. The molecule has 6 heteroatoms. The molecule has 0 saturated carbocycles. The molecule has 2 heterocycles. The summed E-state index contributed by atoms with van der Waals surface area (Å²) < 4.78 is 0. The molecular formula is C17H27N3O2S. The van der Waals surface area contributed by atoms with Gasteiger partial charge in [0.05, 0.1) is 5.25 Å². The van der Waals surface area contributed by atoms with Crippen LogP contribution in [0.25, 0.3) is 0 Å². The van der Waals surface area contributed by atoms with E-state index in [0.717, 1.165) is 31.4 Å². The van der Waals surface area contributed by atoms with Crippen LogP contribution in [0.5, 0.6) is 0 Å². The smallest absolute Gasteiger partial charge is 0.251 e. The molecule has 1 amide bonds. The number of H-pyrrole nitrogens is 1. The fourth-order valence-corrected chi connectivity index (χ4v) is 4.09. The van der Waals surface area contributed by atoms with Gasteiger partial charge in [0.15, 0.2) is 5.16 Å². The third kappa shape index (κ3) is 4.59. The number of nitrogens with one attached hydrogen (secondary N) is 1. The molecule has 0 bridgehead atoms. The number of hydrogen-bond acceptors (Lipinski definition) is 4. The van der Waals surface area contributed by atoms with Gasteiger partial charge in [-0.25, -0.2) is 4.98 Å². The van der Waals surface area contributed by atoms with Crippen LogP contribution in [0.3, 0.4) is 0 Å². The minimum atomic E-state index is -0.252. The number of aromatic nitrogens is 2. The Morgan fingerprint density at radius 1 is 1.43 bits per heavy atom. The minimum absolute atomic E-state index is 0.137. The molecule has 5 nitrogen and oxygen atoms in total. The van der Waals surface area contributed by atoms with E-state index in [9.17, 15) is 9.59 Å². The number of rotatable bonds is 5. The lowest BCUT2D eigenvalue weighted by Gasteiger charge is -2.40. The van der Waals surface area contributed by atoms with Crippen molar-refractivity contribution in [3.05, 3.63) is 22.1 Å². The maximum Gasteiger partial charge on any atom is 0.251 e. The maximum absolute atomic E-state index is 12.8. The summed E-state index contributed by atoms with van der Waals surface area (Å²) in [7, 11) is 0. The van der Waals surface area contributed by atoms with Crippen molar-refractivity contribution < 1.29 is 4.79 Å². The SMILES string of the molecule is CCCc1cc(=O)[nH]c(S[C@@H](C)C(=O)N2[C@H](C)CCC[C@@H]2C)n1. The Bertz CT molecular complexity index is 592. The van der Waals surface area contributed by atoms with Gasteiger partial charge in [0.2, 0.25) is 5.91 Å². The Morgan fingerprint density at radius 2 is 2.09 bits per heavy atom. The zero-order valence-electron chi connectivity index (χ0n) is 14.5.